The number of benzene rings is 1. The smallest absolute Gasteiger partial charge is 0.340 e. The molecule has 1 aromatic rings. The molecule has 0 spiro atoms. The predicted octanol–water partition coefficient (Wildman–Crippen LogP) is 2.68. The van der Waals surface area contributed by atoms with Crippen molar-refractivity contribution in [1.29, 1.82) is 0 Å². The summed E-state index contributed by atoms with van der Waals surface area (Å²) in [5.74, 6) is -0.313. The van der Waals surface area contributed by atoms with Crippen molar-refractivity contribution in [3.05, 3.63) is 23.8 Å². The van der Waals surface area contributed by atoms with E-state index in [1.807, 2.05) is 32.0 Å². The second-order valence-electron chi connectivity index (χ2n) is 4.68. The lowest BCUT2D eigenvalue weighted by Crippen LogP contribution is -2.19. The lowest BCUT2D eigenvalue weighted by atomic mass is 10.1. The van der Waals surface area contributed by atoms with E-state index < -0.39 is 0 Å². The zero-order valence-electron chi connectivity index (χ0n) is 11.6. The van der Waals surface area contributed by atoms with Crippen molar-refractivity contribution >= 4 is 17.3 Å². The summed E-state index contributed by atoms with van der Waals surface area (Å²) in [5, 5.41) is 0. The molecule has 0 fully saturated rings. The Labute approximate surface area is 109 Å². The van der Waals surface area contributed by atoms with E-state index in [9.17, 15) is 4.79 Å². The molecule has 0 aliphatic rings. The van der Waals surface area contributed by atoms with Gasteiger partial charge in [0.05, 0.1) is 17.4 Å². The van der Waals surface area contributed by atoms with Crippen LogP contribution in [0.15, 0.2) is 18.2 Å². The molecule has 0 heterocycles. The molecule has 1 atom stereocenters. The molecule has 0 aromatic heterocycles. The van der Waals surface area contributed by atoms with Crippen molar-refractivity contribution in [3.8, 4) is 0 Å². The molecule has 0 aliphatic heterocycles. The minimum atomic E-state index is -0.313. The topological polar surface area (TPSA) is 55.6 Å². The summed E-state index contributed by atoms with van der Waals surface area (Å²) in [6.45, 7) is 3.97. The lowest BCUT2D eigenvalue weighted by molar-refractivity contribution is 0.0324. The molecule has 100 valence electrons. The van der Waals surface area contributed by atoms with Gasteiger partial charge in [-0.2, -0.15) is 0 Å². The van der Waals surface area contributed by atoms with Gasteiger partial charge >= 0.3 is 5.97 Å². The van der Waals surface area contributed by atoms with Crippen LogP contribution in [0.2, 0.25) is 0 Å². The highest BCUT2D eigenvalue weighted by Crippen LogP contribution is 2.23. The van der Waals surface area contributed by atoms with Crippen LogP contribution in [0.4, 0.5) is 11.4 Å². The maximum atomic E-state index is 12.1. The van der Waals surface area contributed by atoms with Gasteiger partial charge in [-0.3, -0.25) is 0 Å². The Kier molecular flexibility index (Phi) is 5.01. The number of nitrogen functional groups attached to an aromatic ring is 1. The molecule has 18 heavy (non-hydrogen) atoms. The summed E-state index contributed by atoms with van der Waals surface area (Å²) in [6.07, 6.45) is 1.79. The number of hydrogen-bond acceptors (Lipinski definition) is 4. The fourth-order valence-corrected chi connectivity index (χ4v) is 1.82. The number of esters is 1. The summed E-state index contributed by atoms with van der Waals surface area (Å²) >= 11 is 0. The van der Waals surface area contributed by atoms with Crippen LogP contribution in [0.25, 0.3) is 0 Å². The van der Waals surface area contributed by atoms with Gasteiger partial charge in [-0.25, -0.2) is 4.79 Å². The van der Waals surface area contributed by atoms with Crippen molar-refractivity contribution in [3.63, 3.8) is 0 Å². The van der Waals surface area contributed by atoms with Crippen LogP contribution in [-0.4, -0.2) is 26.2 Å². The minimum Gasteiger partial charge on any atom is -0.459 e. The van der Waals surface area contributed by atoms with Gasteiger partial charge in [0.2, 0.25) is 0 Å². The number of carbonyl (C=O) groups excluding carboxylic acids is 1. The lowest BCUT2D eigenvalue weighted by Gasteiger charge is -2.19. The molecule has 0 amide bonds. The van der Waals surface area contributed by atoms with Gasteiger partial charge in [0.1, 0.15) is 0 Å². The van der Waals surface area contributed by atoms with Crippen molar-refractivity contribution < 1.29 is 9.53 Å². The monoisotopic (exact) mass is 250 g/mol. The highest BCUT2D eigenvalue weighted by atomic mass is 16.5. The maximum absolute atomic E-state index is 12.1. The van der Waals surface area contributed by atoms with Gasteiger partial charge in [0.25, 0.3) is 0 Å². The molecular weight excluding hydrogens is 228 g/mol. The van der Waals surface area contributed by atoms with E-state index in [0.29, 0.717) is 11.3 Å². The zero-order chi connectivity index (χ0) is 13.7. The van der Waals surface area contributed by atoms with E-state index in [1.165, 1.54) is 0 Å². The molecule has 2 N–H and O–H groups in total. The molecule has 0 saturated carbocycles. The van der Waals surface area contributed by atoms with Crippen molar-refractivity contribution in [2.24, 2.45) is 0 Å². The van der Waals surface area contributed by atoms with Crippen molar-refractivity contribution in [2.75, 3.05) is 24.7 Å². The van der Waals surface area contributed by atoms with Crippen molar-refractivity contribution in [1.82, 2.24) is 0 Å². The molecular formula is C14H22N2O2. The molecule has 0 aliphatic carbocycles. The first-order valence-electron chi connectivity index (χ1n) is 6.23. The van der Waals surface area contributed by atoms with Crippen LogP contribution in [0.3, 0.4) is 0 Å². The number of rotatable bonds is 5. The summed E-state index contributed by atoms with van der Waals surface area (Å²) in [4.78, 5) is 14.0. The standard InChI is InChI=1S/C14H22N2O2/c1-5-6-10(2)18-14(17)12-9-11(15)7-8-13(12)16(3)4/h7-10H,5-6,15H2,1-4H3. The molecule has 4 heteroatoms. The Morgan fingerprint density at radius 3 is 2.67 bits per heavy atom. The fraction of sp³-hybridized carbons (Fsp3) is 0.500. The normalized spacial score (nSPS) is 12.0. The highest BCUT2D eigenvalue weighted by molar-refractivity contribution is 5.97. The SMILES string of the molecule is CCCC(C)OC(=O)c1cc(N)ccc1N(C)C. The van der Waals surface area contributed by atoms with Gasteiger partial charge in [-0.1, -0.05) is 13.3 Å². The van der Waals surface area contributed by atoms with E-state index in [2.05, 4.69) is 6.92 Å². The molecule has 0 saturated heterocycles. The Hall–Kier alpha value is -1.71. The number of carbonyl (C=O) groups is 1. The third-order valence-electron chi connectivity index (χ3n) is 2.73. The number of hydrogen-bond donors (Lipinski definition) is 1. The molecule has 1 rings (SSSR count). The fourth-order valence-electron chi connectivity index (χ4n) is 1.82. The van der Waals surface area contributed by atoms with E-state index in [-0.39, 0.29) is 12.1 Å². The Balaban J connectivity index is 2.93. The summed E-state index contributed by atoms with van der Waals surface area (Å²) in [7, 11) is 3.77. The van der Waals surface area contributed by atoms with Gasteiger partial charge in [-0.15, -0.1) is 0 Å². The summed E-state index contributed by atoms with van der Waals surface area (Å²) < 4.78 is 5.40. The number of ether oxygens (including phenoxy) is 1. The van der Waals surface area contributed by atoms with E-state index >= 15 is 0 Å². The highest BCUT2D eigenvalue weighted by Gasteiger charge is 2.17. The molecule has 0 bridgehead atoms. The number of anilines is 2. The molecule has 0 radical (unpaired) electrons. The summed E-state index contributed by atoms with van der Waals surface area (Å²) in [5.41, 5.74) is 7.63. The second-order valence-corrected chi connectivity index (χ2v) is 4.68. The van der Waals surface area contributed by atoms with Gasteiger partial charge in [0, 0.05) is 19.8 Å². The van der Waals surface area contributed by atoms with Crippen LogP contribution in [-0.2, 0) is 4.74 Å². The molecule has 1 unspecified atom stereocenters. The van der Waals surface area contributed by atoms with Crippen molar-refractivity contribution in [2.45, 2.75) is 32.8 Å². The first-order valence-corrected chi connectivity index (χ1v) is 6.23. The van der Waals surface area contributed by atoms with E-state index in [0.717, 1.165) is 18.5 Å². The van der Waals surface area contributed by atoms with Crippen LogP contribution in [0, 0.1) is 0 Å². The second kappa shape index (κ2) is 6.28. The Morgan fingerprint density at radius 2 is 2.11 bits per heavy atom. The third kappa shape index (κ3) is 3.65. The average molecular weight is 250 g/mol. The quantitative estimate of drug-likeness (QED) is 0.645. The van der Waals surface area contributed by atoms with Gasteiger partial charge in [-0.05, 0) is 31.5 Å². The van der Waals surface area contributed by atoms with Crippen LogP contribution in [0.1, 0.15) is 37.0 Å². The number of nitrogens with two attached hydrogens (primary N) is 1. The van der Waals surface area contributed by atoms with E-state index in [4.69, 9.17) is 10.5 Å². The minimum absolute atomic E-state index is 0.0704. The van der Waals surface area contributed by atoms with Gasteiger partial charge < -0.3 is 15.4 Å². The summed E-state index contributed by atoms with van der Waals surface area (Å²) in [6, 6.07) is 5.27. The number of nitrogens with zero attached hydrogens (tertiary/aromatic N) is 1. The zero-order valence-corrected chi connectivity index (χ0v) is 11.6. The first kappa shape index (κ1) is 14.4. The Bertz CT molecular complexity index is 416. The van der Waals surface area contributed by atoms with Gasteiger partial charge in [0.15, 0.2) is 0 Å². The Morgan fingerprint density at radius 1 is 1.44 bits per heavy atom. The van der Waals surface area contributed by atoms with Crippen LogP contribution < -0.4 is 10.6 Å². The third-order valence-corrected chi connectivity index (χ3v) is 2.73. The first-order chi connectivity index (χ1) is 8.45. The van der Waals surface area contributed by atoms with Crippen LogP contribution in [0.5, 0.6) is 0 Å². The van der Waals surface area contributed by atoms with Crippen LogP contribution >= 0.6 is 0 Å². The molecule has 4 nitrogen and oxygen atoms in total. The average Bonchev–Trinajstić information content (AvgIpc) is 2.28. The molecule has 1 aromatic carbocycles. The maximum Gasteiger partial charge on any atom is 0.340 e. The predicted molar refractivity (Wildman–Crippen MR) is 75.0 cm³/mol. The largest absolute Gasteiger partial charge is 0.459 e. The van der Waals surface area contributed by atoms with E-state index in [1.54, 1.807) is 12.1 Å².